The summed E-state index contributed by atoms with van der Waals surface area (Å²) in [4.78, 5) is 38.2. The average Bonchev–Trinajstić information content (AvgIpc) is 3.00. The molecule has 2 N–H and O–H groups in total. The Labute approximate surface area is 170 Å². The molecule has 0 saturated heterocycles. The lowest BCUT2D eigenvalue weighted by molar-refractivity contribution is -0.118. The molecular weight excluding hydrogens is 364 g/mol. The Bertz CT molecular complexity index is 958. The molecule has 2 aromatic rings. The zero-order chi connectivity index (χ0) is 20.4. The predicted octanol–water partition coefficient (Wildman–Crippen LogP) is 4.10. The molecule has 150 valence electrons. The van der Waals surface area contributed by atoms with Gasteiger partial charge in [0.1, 0.15) is 0 Å². The van der Waals surface area contributed by atoms with Gasteiger partial charge < -0.3 is 10.6 Å². The zero-order valence-electron chi connectivity index (χ0n) is 16.7. The van der Waals surface area contributed by atoms with E-state index in [1.165, 1.54) is 25.7 Å². The van der Waals surface area contributed by atoms with E-state index >= 15 is 0 Å². The lowest BCUT2D eigenvalue weighted by Gasteiger charge is -2.22. The SMILES string of the molecule is C[C@H](NC1CCCCCC1)C(=O)Nc1ccc2c(c1)C(=O)c1ccccc1C2=O. The van der Waals surface area contributed by atoms with Crippen molar-refractivity contribution in [1.29, 1.82) is 0 Å². The van der Waals surface area contributed by atoms with Gasteiger partial charge in [0, 0.05) is 34.0 Å². The van der Waals surface area contributed by atoms with Crippen molar-refractivity contribution in [3.8, 4) is 0 Å². The van der Waals surface area contributed by atoms with Crippen LogP contribution < -0.4 is 10.6 Å². The first-order chi connectivity index (χ1) is 14.0. The highest BCUT2D eigenvalue weighted by Crippen LogP contribution is 2.29. The van der Waals surface area contributed by atoms with Crippen LogP contribution in [0.1, 0.15) is 77.3 Å². The predicted molar refractivity (Wildman–Crippen MR) is 112 cm³/mol. The molecule has 0 spiro atoms. The van der Waals surface area contributed by atoms with Crippen LogP contribution in [-0.2, 0) is 4.79 Å². The fourth-order valence-electron chi connectivity index (χ4n) is 4.30. The maximum Gasteiger partial charge on any atom is 0.241 e. The summed E-state index contributed by atoms with van der Waals surface area (Å²) < 4.78 is 0. The molecule has 5 nitrogen and oxygen atoms in total. The summed E-state index contributed by atoms with van der Waals surface area (Å²) in [6, 6.07) is 11.8. The standard InChI is InChI=1S/C24H26N2O3/c1-15(25-16-8-4-2-3-5-9-16)24(29)26-17-12-13-20-21(14-17)23(28)19-11-7-6-10-18(19)22(20)27/h6-7,10-16,25H,2-5,8-9H2,1H3,(H,26,29)/t15-/m0/s1. The van der Waals surface area contributed by atoms with Crippen LogP contribution in [0, 0.1) is 0 Å². The van der Waals surface area contributed by atoms with E-state index in [0.717, 1.165) is 12.8 Å². The van der Waals surface area contributed by atoms with Gasteiger partial charge in [-0.05, 0) is 38.0 Å². The number of carbonyl (C=O) groups excluding carboxylic acids is 3. The molecule has 0 aromatic heterocycles. The second-order valence-corrected chi connectivity index (χ2v) is 8.03. The van der Waals surface area contributed by atoms with E-state index in [9.17, 15) is 14.4 Å². The largest absolute Gasteiger partial charge is 0.325 e. The van der Waals surface area contributed by atoms with Gasteiger partial charge in [-0.15, -0.1) is 0 Å². The maximum atomic E-state index is 12.8. The van der Waals surface area contributed by atoms with E-state index in [-0.39, 0.29) is 23.5 Å². The van der Waals surface area contributed by atoms with Crippen LogP contribution in [0.3, 0.4) is 0 Å². The quantitative estimate of drug-likeness (QED) is 0.658. The van der Waals surface area contributed by atoms with Gasteiger partial charge in [-0.1, -0.05) is 49.9 Å². The first kappa shape index (κ1) is 19.5. The number of hydrogen-bond acceptors (Lipinski definition) is 4. The van der Waals surface area contributed by atoms with Crippen molar-refractivity contribution in [2.24, 2.45) is 0 Å². The number of hydrogen-bond donors (Lipinski definition) is 2. The molecule has 1 amide bonds. The number of fused-ring (bicyclic) bond motifs is 2. The molecule has 0 unspecified atom stereocenters. The highest BCUT2D eigenvalue weighted by molar-refractivity contribution is 6.28. The molecule has 2 aliphatic carbocycles. The van der Waals surface area contributed by atoms with Crippen molar-refractivity contribution in [2.75, 3.05) is 5.32 Å². The van der Waals surface area contributed by atoms with Gasteiger partial charge in [0.15, 0.2) is 11.6 Å². The van der Waals surface area contributed by atoms with Crippen molar-refractivity contribution in [1.82, 2.24) is 5.32 Å². The van der Waals surface area contributed by atoms with Crippen molar-refractivity contribution in [3.05, 3.63) is 64.7 Å². The zero-order valence-corrected chi connectivity index (χ0v) is 16.7. The van der Waals surface area contributed by atoms with Gasteiger partial charge >= 0.3 is 0 Å². The normalized spacial score (nSPS) is 17.8. The second kappa shape index (κ2) is 8.29. The number of rotatable bonds is 4. The van der Waals surface area contributed by atoms with E-state index < -0.39 is 0 Å². The van der Waals surface area contributed by atoms with E-state index in [0.29, 0.717) is 34.0 Å². The molecule has 0 aliphatic heterocycles. The molecule has 4 rings (SSSR count). The van der Waals surface area contributed by atoms with Crippen LogP contribution in [0.15, 0.2) is 42.5 Å². The number of benzene rings is 2. The minimum absolute atomic E-state index is 0.135. The van der Waals surface area contributed by atoms with E-state index in [2.05, 4.69) is 10.6 Å². The summed E-state index contributed by atoms with van der Waals surface area (Å²) >= 11 is 0. The van der Waals surface area contributed by atoms with Crippen LogP contribution in [0.2, 0.25) is 0 Å². The molecule has 29 heavy (non-hydrogen) atoms. The van der Waals surface area contributed by atoms with Gasteiger partial charge in [-0.3, -0.25) is 14.4 Å². The monoisotopic (exact) mass is 390 g/mol. The lowest BCUT2D eigenvalue weighted by atomic mass is 9.84. The molecule has 1 fully saturated rings. The summed E-state index contributed by atoms with van der Waals surface area (Å²) in [6.45, 7) is 1.86. The van der Waals surface area contributed by atoms with Crippen LogP contribution in [0.4, 0.5) is 5.69 Å². The van der Waals surface area contributed by atoms with E-state index in [1.54, 1.807) is 42.5 Å². The van der Waals surface area contributed by atoms with Crippen LogP contribution in [0.25, 0.3) is 0 Å². The minimum Gasteiger partial charge on any atom is -0.325 e. The Kier molecular flexibility index (Phi) is 5.58. The average molecular weight is 390 g/mol. The maximum absolute atomic E-state index is 12.8. The first-order valence-corrected chi connectivity index (χ1v) is 10.4. The topological polar surface area (TPSA) is 75.3 Å². The summed E-state index contributed by atoms with van der Waals surface area (Å²) in [7, 11) is 0. The molecule has 0 heterocycles. The van der Waals surface area contributed by atoms with E-state index in [1.807, 2.05) is 6.92 Å². The molecule has 1 saturated carbocycles. The van der Waals surface area contributed by atoms with Crippen LogP contribution in [0.5, 0.6) is 0 Å². The van der Waals surface area contributed by atoms with Crippen molar-refractivity contribution in [2.45, 2.75) is 57.5 Å². The van der Waals surface area contributed by atoms with Crippen LogP contribution in [-0.4, -0.2) is 29.6 Å². The number of carbonyl (C=O) groups is 3. The Morgan fingerprint density at radius 1 is 0.862 bits per heavy atom. The number of nitrogens with one attached hydrogen (secondary N) is 2. The van der Waals surface area contributed by atoms with Crippen molar-refractivity contribution in [3.63, 3.8) is 0 Å². The molecular formula is C24H26N2O3. The Balaban J connectivity index is 1.48. The molecule has 2 aromatic carbocycles. The van der Waals surface area contributed by atoms with Crippen molar-refractivity contribution < 1.29 is 14.4 Å². The third-order valence-electron chi connectivity index (χ3n) is 5.93. The van der Waals surface area contributed by atoms with E-state index in [4.69, 9.17) is 0 Å². The van der Waals surface area contributed by atoms with Gasteiger partial charge in [0.05, 0.1) is 6.04 Å². The minimum atomic E-state index is -0.327. The molecule has 5 heteroatoms. The molecule has 0 radical (unpaired) electrons. The fraction of sp³-hybridized carbons (Fsp3) is 0.375. The third-order valence-corrected chi connectivity index (χ3v) is 5.93. The summed E-state index contributed by atoms with van der Waals surface area (Å²) in [5, 5.41) is 6.33. The first-order valence-electron chi connectivity index (χ1n) is 10.4. The Morgan fingerprint density at radius 3 is 2.10 bits per heavy atom. The molecule has 2 aliphatic rings. The third kappa shape index (κ3) is 4.01. The fourth-order valence-corrected chi connectivity index (χ4v) is 4.30. The lowest BCUT2D eigenvalue weighted by Crippen LogP contribution is -2.43. The van der Waals surface area contributed by atoms with Crippen molar-refractivity contribution >= 4 is 23.2 Å². The van der Waals surface area contributed by atoms with Crippen LogP contribution >= 0.6 is 0 Å². The second-order valence-electron chi connectivity index (χ2n) is 8.03. The van der Waals surface area contributed by atoms with Gasteiger partial charge in [0.2, 0.25) is 5.91 Å². The number of ketones is 2. The Morgan fingerprint density at radius 2 is 1.45 bits per heavy atom. The summed E-state index contributed by atoms with van der Waals surface area (Å²) in [5.74, 6) is -0.475. The molecule has 1 atom stereocenters. The smallest absolute Gasteiger partial charge is 0.241 e. The highest BCUT2D eigenvalue weighted by atomic mass is 16.2. The summed E-state index contributed by atoms with van der Waals surface area (Å²) in [5.41, 5.74) is 2.11. The van der Waals surface area contributed by atoms with Gasteiger partial charge in [-0.25, -0.2) is 0 Å². The molecule has 0 bridgehead atoms. The summed E-state index contributed by atoms with van der Waals surface area (Å²) in [6.07, 6.45) is 7.15. The number of anilines is 1. The highest BCUT2D eigenvalue weighted by Gasteiger charge is 2.29. The van der Waals surface area contributed by atoms with Gasteiger partial charge in [-0.2, -0.15) is 0 Å². The Hall–Kier alpha value is -2.79. The van der Waals surface area contributed by atoms with Gasteiger partial charge in [0.25, 0.3) is 0 Å². The number of amides is 1.